The Morgan fingerprint density at radius 2 is 1.11 bits per heavy atom. The Hall–Kier alpha value is -4.82. The third-order valence-electron chi connectivity index (χ3n) is 7.89. The highest BCUT2D eigenvalue weighted by Gasteiger charge is 2.19. The smallest absolute Gasteiger partial charge is 0.136 e. The zero-order valence-corrected chi connectivity index (χ0v) is 19.3. The molecule has 9 rings (SSSR count). The van der Waals surface area contributed by atoms with Gasteiger partial charge in [-0.25, -0.2) is 0 Å². The molecule has 0 saturated heterocycles. The second kappa shape index (κ2) is 6.44. The van der Waals surface area contributed by atoms with E-state index in [-0.39, 0.29) is 0 Å². The Labute approximate surface area is 205 Å². The number of hydrogen-bond acceptors (Lipinski definition) is 1. The number of benzene rings is 6. The topological polar surface area (TPSA) is 17.6 Å². The van der Waals surface area contributed by atoms with E-state index < -0.39 is 0 Å². The molecule has 9 aromatic rings. The molecule has 0 N–H and O–H groups in total. The standard InChI is InChI=1S/C34H19NO/c1-4-13-30-23(9-1)28-16-21(17-29-24-10-2-5-14-31(24)35(30)34(28)29)22-12-7-8-20-18-33-27(19-26(20)22)25-11-3-6-15-32(25)36-33/h1-19H. The summed E-state index contributed by atoms with van der Waals surface area (Å²) in [6.45, 7) is 0. The number of rotatable bonds is 1. The van der Waals surface area contributed by atoms with E-state index >= 15 is 0 Å². The lowest BCUT2D eigenvalue weighted by Crippen LogP contribution is -1.83. The van der Waals surface area contributed by atoms with E-state index in [1.165, 1.54) is 60.0 Å². The van der Waals surface area contributed by atoms with Gasteiger partial charge in [0, 0.05) is 32.3 Å². The minimum Gasteiger partial charge on any atom is -0.456 e. The first-order valence-corrected chi connectivity index (χ1v) is 12.4. The molecule has 0 radical (unpaired) electrons. The van der Waals surface area contributed by atoms with Gasteiger partial charge in [0.25, 0.3) is 0 Å². The van der Waals surface area contributed by atoms with E-state index in [4.69, 9.17) is 4.42 Å². The largest absolute Gasteiger partial charge is 0.456 e. The minimum absolute atomic E-state index is 0.934. The quantitative estimate of drug-likeness (QED) is 0.240. The molecule has 0 fully saturated rings. The molecule has 0 spiro atoms. The Balaban J connectivity index is 1.45. The third kappa shape index (κ3) is 2.22. The van der Waals surface area contributed by atoms with Crippen molar-refractivity contribution >= 4 is 70.8 Å². The molecule has 0 unspecified atom stereocenters. The first-order chi connectivity index (χ1) is 17.8. The average Bonchev–Trinajstić information content (AvgIpc) is 3.57. The van der Waals surface area contributed by atoms with Gasteiger partial charge in [0.05, 0.1) is 16.6 Å². The van der Waals surface area contributed by atoms with Crippen molar-refractivity contribution < 1.29 is 4.42 Å². The fourth-order valence-electron chi connectivity index (χ4n) is 6.35. The van der Waals surface area contributed by atoms with Crippen molar-refractivity contribution in [3.05, 3.63) is 115 Å². The monoisotopic (exact) mass is 457 g/mol. The van der Waals surface area contributed by atoms with Crippen LogP contribution < -0.4 is 0 Å². The molecule has 3 heterocycles. The van der Waals surface area contributed by atoms with Crippen LogP contribution in [0.3, 0.4) is 0 Å². The van der Waals surface area contributed by atoms with Crippen LogP contribution in [0.25, 0.3) is 81.9 Å². The number of furan rings is 1. The second-order valence-corrected chi connectivity index (χ2v) is 9.76. The lowest BCUT2D eigenvalue weighted by molar-refractivity contribution is 0.669. The Morgan fingerprint density at radius 1 is 0.444 bits per heavy atom. The molecule has 166 valence electrons. The SMILES string of the molecule is c1cc(-c2cc3c4ccccc4n4c5ccccc5c(c2)c34)c2cc3c(cc2c1)oc1ccccc13. The van der Waals surface area contributed by atoms with Gasteiger partial charge in [0.15, 0.2) is 0 Å². The molecule has 2 nitrogen and oxygen atoms in total. The zero-order chi connectivity index (χ0) is 23.4. The zero-order valence-electron chi connectivity index (χ0n) is 19.3. The predicted octanol–water partition coefficient (Wildman–Crippen LogP) is 9.56. The van der Waals surface area contributed by atoms with Crippen LogP contribution >= 0.6 is 0 Å². The minimum atomic E-state index is 0.934. The van der Waals surface area contributed by atoms with Crippen molar-refractivity contribution in [1.29, 1.82) is 0 Å². The van der Waals surface area contributed by atoms with Crippen LogP contribution in [0.2, 0.25) is 0 Å². The van der Waals surface area contributed by atoms with Gasteiger partial charge in [-0.05, 0) is 64.4 Å². The second-order valence-electron chi connectivity index (χ2n) is 9.76. The van der Waals surface area contributed by atoms with Gasteiger partial charge in [-0.1, -0.05) is 72.8 Å². The van der Waals surface area contributed by atoms with Gasteiger partial charge in [-0.15, -0.1) is 0 Å². The molecule has 0 aliphatic rings. The lowest BCUT2D eigenvalue weighted by atomic mass is 9.94. The first-order valence-electron chi connectivity index (χ1n) is 12.4. The molecule has 0 aliphatic carbocycles. The number of nitrogens with zero attached hydrogens (tertiary/aromatic N) is 1. The molecule has 0 atom stereocenters. The highest BCUT2D eigenvalue weighted by atomic mass is 16.3. The molecule has 0 amide bonds. The van der Waals surface area contributed by atoms with Crippen LogP contribution in [0.4, 0.5) is 0 Å². The summed E-state index contributed by atoms with van der Waals surface area (Å²) >= 11 is 0. The summed E-state index contributed by atoms with van der Waals surface area (Å²) in [7, 11) is 0. The highest BCUT2D eigenvalue weighted by Crippen LogP contribution is 2.43. The van der Waals surface area contributed by atoms with Crippen LogP contribution in [0.1, 0.15) is 0 Å². The first kappa shape index (κ1) is 18.5. The molecule has 6 aromatic carbocycles. The third-order valence-corrected chi connectivity index (χ3v) is 7.89. The summed E-state index contributed by atoms with van der Waals surface area (Å²) in [5.74, 6) is 0. The summed E-state index contributed by atoms with van der Waals surface area (Å²) in [5.41, 5.74) is 8.20. The Bertz CT molecular complexity index is 2230. The van der Waals surface area contributed by atoms with E-state index in [1.807, 2.05) is 12.1 Å². The molecule has 3 aromatic heterocycles. The maximum Gasteiger partial charge on any atom is 0.136 e. The Morgan fingerprint density at radius 3 is 1.86 bits per heavy atom. The predicted molar refractivity (Wildman–Crippen MR) is 151 cm³/mol. The number of fused-ring (bicyclic) bond motifs is 10. The van der Waals surface area contributed by atoms with Crippen molar-refractivity contribution in [2.75, 3.05) is 0 Å². The van der Waals surface area contributed by atoms with Crippen LogP contribution in [0.15, 0.2) is 120 Å². The average molecular weight is 458 g/mol. The fraction of sp³-hybridized carbons (Fsp3) is 0. The van der Waals surface area contributed by atoms with Crippen LogP contribution in [0, 0.1) is 0 Å². The van der Waals surface area contributed by atoms with Crippen molar-refractivity contribution in [2.45, 2.75) is 0 Å². The Kier molecular flexibility index (Phi) is 3.31. The summed E-state index contributed by atoms with van der Waals surface area (Å²) in [5, 5.41) is 9.98. The van der Waals surface area contributed by atoms with E-state index in [1.54, 1.807) is 0 Å². The van der Waals surface area contributed by atoms with Gasteiger partial charge in [-0.2, -0.15) is 0 Å². The number of para-hydroxylation sites is 3. The molecule has 2 heteroatoms. The molecule has 0 saturated carbocycles. The normalized spacial score (nSPS) is 12.4. The number of hydrogen-bond donors (Lipinski definition) is 0. The van der Waals surface area contributed by atoms with Crippen molar-refractivity contribution in [3.63, 3.8) is 0 Å². The summed E-state index contributed by atoms with van der Waals surface area (Å²) < 4.78 is 8.62. The van der Waals surface area contributed by atoms with Crippen LogP contribution in [-0.4, -0.2) is 4.40 Å². The molecular formula is C34H19NO. The van der Waals surface area contributed by atoms with Gasteiger partial charge in [0.1, 0.15) is 11.2 Å². The number of aromatic nitrogens is 1. The molecular weight excluding hydrogens is 438 g/mol. The van der Waals surface area contributed by atoms with E-state index in [9.17, 15) is 0 Å². The van der Waals surface area contributed by atoms with E-state index in [0.29, 0.717) is 0 Å². The fourth-order valence-corrected chi connectivity index (χ4v) is 6.35. The molecule has 0 aliphatic heterocycles. The molecule has 36 heavy (non-hydrogen) atoms. The highest BCUT2D eigenvalue weighted by molar-refractivity contribution is 6.25. The maximum atomic E-state index is 6.18. The summed E-state index contributed by atoms with van der Waals surface area (Å²) in [6, 6.07) is 41.7. The van der Waals surface area contributed by atoms with E-state index in [0.717, 1.165) is 21.9 Å². The van der Waals surface area contributed by atoms with Crippen molar-refractivity contribution in [3.8, 4) is 11.1 Å². The van der Waals surface area contributed by atoms with Crippen molar-refractivity contribution in [1.82, 2.24) is 4.40 Å². The van der Waals surface area contributed by atoms with Crippen molar-refractivity contribution in [2.24, 2.45) is 0 Å². The van der Waals surface area contributed by atoms with Crippen LogP contribution in [0.5, 0.6) is 0 Å². The van der Waals surface area contributed by atoms with Gasteiger partial charge in [-0.3, -0.25) is 0 Å². The molecule has 0 bridgehead atoms. The summed E-state index contributed by atoms with van der Waals surface area (Å²) in [4.78, 5) is 0. The lowest BCUT2D eigenvalue weighted by Gasteiger charge is -2.09. The van der Waals surface area contributed by atoms with E-state index in [2.05, 4.69) is 108 Å². The van der Waals surface area contributed by atoms with Crippen LogP contribution in [-0.2, 0) is 0 Å². The maximum absolute atomic E-state index is 6.18. The van der Waals surface area contributed by atoms with Gasteiger partial charge in [0.2, 0.25) is 0 Å². The van der Waals surface area contributed by atoms with Gasteiger partial charge >= 0.3 is 0 Å². The van der Waals surface area contributed by atoms with Gasteiger partial charge < -0.3 is 8.82 Å². The summed E-state index contributed by atoms with van der Waals surface area (Å²) in [6.07, 6.45) is 0.